The molecule has 3 heteroatoms. The van der Waals surface area contributed by atoms with Crippen LogP contribution in [0.5, 0.6) is 0 Å². The van der Waals surface area contributed by atoms with Gasteiger partial charge < -0.3 is 10.2 Å². The van der Waals surface area contributed by atoms with Crippen LogP contribution in [-0.4, -0.2) is 37.0 Å². The Bertz CT molecular complexity index is 184. The molecular weight excluding hydrogens is 260 g/mol. The van der Waals surface area contributed by atoms with Crippen molar-refractivity contribution in [1.29, 1.82) is 0 Å². The summed E-state index contributed by atoms with van der Waals surface area (Å²) in [5.41, 5.74) is 0. The normalized spacial score (nSPS) is 9.10. The second-order valence-electron chi connectivity index (χ2n) is 4.67. The zero-order valence-electron chi connectivity index (χ0n) is 15.9. The van der Waals surface area contributed by atoms with Crippen LogP contribution in [0.15, 0.2) is 0 Å². The smallest absolute Gasteiger partial charge is 0.219 e. The predicted octanol–water partition coefficient (Wildman–Crippen LogP) is 4.86. The van der Waals surface area contributed by atoms with E-state index in [0.29, 0.717) is 0 Å². The number of amides is 1. The molecule has 21 heavy (non-hydrogen) atoms. The Hall–Kier alpha value is -0.570. The van der Waals surface area contributed by atoms with Crippen molar-refractivity contribution in [2.24, 2.45) is 0 Å². The summed E-state index contributed by atoms with van der Waals surface area (Å²) in [6.07, 6.45) is 7.06. The lowest BCUT2D eigenvalue weighted by Gasteiger charge is -2.20. The molecule has 0 aromatic rings. The molecule has 0 radical (unpaired) electrons. The van der Waals surface area contributed by atoms with E-state index in [4.69, 9.17) is 0 Å². The van der Waals surface area contributed by atoms with Crippen molar-refractivity contribution >= 4 is 5.91 Å². The van der Waals surface area contributed by atoms with Crippen molar-refractivity contribution in [2.75, 3.05) is 26.2 Å². The molecule has 130 valence electrons. The Kier molecular flexibility index (Phi) is 29.6. The third kappa shape index (κ3) is 21.9. The number of unbranched alkanes of at least 4 members (excludes halogenated alkanes) is 3. The first-order valence-corrected chi connectivity index (χ1v) is 9.18. The molecule has 0 unspecified atom stereocenters. The molecule has 0 aliphatic heterocycles. The van der Waals surface area contributed by atoms with E-state index in [0.717, 1.165) is 45.4 Å². The Labute approximate surface area is 134 Å². The molecule has 0 aromatic carbocycles. The zero-order chi connectivity index (χ0) is 16.9. The topological polar surface area (TPSA) is 32.3 Å². The maximum Gasteiger partial charge on any atom is 0.219 e. The highest BCUT2D eigenvalue weighted by atomic mass is 16.2. The molecule has 0 atom stereocenters. The Morgan fingerprint density at radius 2 is 1.38 bits per heavy atom. The van der Waals surface area contributed by atoms with Crippen LogP contribution in [0.25, 0.3) is 0 Å². The summed E-state index contributed by atoms with van der Waals surface area (Å²) in [5.74, 6) is 0.225. The highest BCUT2D eigenvalue weighted by molar-refractivity contribution is 5.73. The molecule has 0 fully saturated rings. The van der Waals surface area contributed by atoms with Gasteiger partial charge >= 0.3 is 0 Å². The van der Waals surface area contributed by atoms with Gasteiger partial charge in [0, 0.05) is 20.0 Å². The number of rotatable bonds is 11. The van der Waals surface area contributed by atoms with E-state index in [1.54, 1.807) is 6.92 Å². The molecule has 0 saturated carbocycles. The first-order chi connectivity index (χ1) is 10.2. The van der Waals surface area contributed by atoms with E-state index in [1.807, 2.05) is 32.6 Å². The van der Waals surface area contributed by atoms with Crippen LogP contribution in [0, 0.1) is 0 Å². The summed E-state index contributed by atoms with van der Waals surface area (Å²) in [4.78, 5) is 13.4. The summed E-state index contributed by atoms with van der Waals surface area (Å²) < 4.78 is 0. The fourth-order valence-electron chi connectivity index (χ4n) is 1.81. The fraction of sp³-hybridized carbons (Fsp3) is 0.944. The van der Waals surface area contributed by atoms with Crippen molar-refractivity contribution in [3.63, 3.8) is 0 Å². The third-order valence-corrected chi connectivity index (χ3v) is 2.94. The lowest BCUT2D eigenvalue weighted by Crippen LogP contribution is -2.30. The van der Waals surface area contributed by atoms with Crippen molar-refractivity contribution in [1.82, 2.24) is 10.2 Å². The maximum absolute atomic E-state index is 11.4. The van der Waals surface area contributed by atoms with Gasteiger partial charge in [0.2, 0.25) is 5.91 Å². The molecule has 0 aromatic heterocycles. The number of carbonyl (C=O) groups excluding carboxylic acids is 1. The van der Waals surface area contributed by atoms with Crippen molar-refractivity contribution in [3.05, 3.63) is 0 Å². The van der Waals surface area contributed by atoms with Crippen LogP contribution < -0.4 is 5.32 Å². The second-order valence-corrected chi connectivity index (χ2v) is 4.67. The van der Waals surface area contributed by atoms with E-state index in [2.05, 4.69) is 19.2 Å². The molecule has 0 aliphatic rings. The Balaban J connectivity index is -0.000000739. The number of nitrogens with zero attached hydrogens (tertiary/aromatic N) is 1. The van der Waals surface area contributed by atoms with E-state index in [9.17, 15) is 4.79 Å². The van der Waals surface area contributed by atoms with E-state index in [-0.39, 0.29) is 5.91 Å². The SMILES string of the molecule is CC.CC.CCCCN(CCCCCNCCC)C(C)=O. The fourth-order valence-corrected chi connectivity index (χ4v) is 1.81. The molecule has 1 N–H and O–H groups in total. The summed E-state index contributed by atoms with van der Waals surface area (Å²) in [5, 5.41) is 3.40. The van der Waals surface area contributed by atoms with Gasteiger partial charge in [0.15, 0.2) is 0 Å². The third-order valence-electron chi connectivity index (χ3n) is 2.94. The van der Waals surface area contributed by atoms with Gasteiger partial charge in [0.1, 0.15) is 0 Å². The van der Waals surface area contributed by atoms with Gasteiger partial charge in [-0.2, -0.15) is 0 Å². The minimum atomic E-state index is 0.225. The predicted molar refractivity (Wildman–Crippen MR) is 96.9 cm³/mol. The molecule has 0 saturated heterocycles. The van der Waals surface area contributed by atoms with Crippen LogP contribution in [0.3, 0.4) is 0 Å². The Morgan fingerprint density at radius 3 is 1.86 bits per heavy atom. The highest BCUT2D eigenvalue weighted by Gasteiger charge is 2.06. The average molecular weight is 303 g/mol. The van der Waals surface area contributed by atoms with Crippen LogP contribution in [0.1, 0.15) is 87.0 Å². The van der Waals surface area contributed by atoms with Gasteiger partial charge in [-0.05, 0) is 38.8 Å². The zero-order valence-corrected chi connectivity index (χ0v) is 15.9. The van der Waals surface area contributed by atoms with Crippen molar-refractivity contribution < 1.29 is 4.79 Å². The minimum Gasteiger partial charge on any atom is -0.343 e. The quantitative estimate of drug-likeness (QED) is 0.553. The standard InChI is InChI=1S/C14H30N2O.2C2H6/c1-4-6-12-16(14(3)17)13-9-7-8-11-15-10-5-2;2*1-2/h15H,4-13H2,1-3H3;2*1-2H3. The van der Waals surface area contributed by atoms with Gasteiger partial charge in [-0.3, -0.25) is 4.79 Å². The Morgan fingerprint density at radius 1 is 0.810 bits per heavy atom. The first-order valence-electron chi connectivity index (χ1n) is 9.18. The summed E-state index contributed by atoms with van der Waals surface area (Å²) in [6, 6.07) is 0. The summed E-state index contributed by atoms with van der Waals surface area (Å²) >= 11 is 0. The van der Waals surface area contributed by atoms with Gasteiger partial charge in [-0.1, -0.05) is 54.4 Å². The van der Waals surface area contributed by atoms with E-state index >= 15 is 0 Å². The van der Waals surface area contributed by atoms with Gasteiger partial charge in [0.25, 0.3) is 0 Å². The average Bonchev–Trinajstić information content (AvgIpc) is 2.53. The van der Waals surface area contributed by atoms with Crippen molar-refractivity contribution in [3.8, 4) is 0 Å². The number of hydrogen-bond donors (Lipinski definition) is 1. The van der Waals surface area contributed by atoms with Crippen molar-refractivity contribution in [2.45, 2.75) is 87.0 Å². The number of hydrogen-bond acceptors (Lipinski definition) is 2. The number of carbonyl (C=O) groups is 1. The molecule has 0 aliphatic carbocycles. The molecule has 0 rings (SSSR count). The van der Waals surface area contributed by atoms with Crippen LogP contribution in [-0.2, 0) is 4.79 Å². The minimum absolute atomic E-state index is 0.225. The lowest BCUT2D eigenvalue weighted by molar-refractivity contribution is -0.129. The largest absolute Gasteiger partial charge is 0.343 e. The lowest BCUT2D eigenvalue weighted by atomic mass is 10.2. The van der Waals surface area contributed by atoms with Crippen LogP contribution >= 0.6 is 0 Å². The van der Waals surface area contributed by atoms with Gasteiger partial charge in [-0.25, -0.2) is 0 Å². The van der Waals surface area contributed by atoms with E-state index < -0.39 is 0 Å². The molecule has 0 heterocycles. The summed E-state index contributed by atoms with van der Waals surface area (Å²) in [6.45, 7) is 18.1. The van der Waals surface area contributed by atoms with Gasteiger partial charge in [0.05, 0.1) is 0 Å². The maximum atomic E-state index is 11.4. The molecule has 0 spiro atoms. The van der Waals surface area contributed by atoms with Gasteiger partial charge in [-0.15, -0.1) is 0 Å². The van der Waals surface area contributed by atoms with E-state index in [1.165, 1.54) is 19.3 Å². The monoisotopic (exact) mass is 302 g/mol. The first kappa shape index (κ1) is 25.4. The second kappa shape index (κ2) is 24.4. The molecule has 0 bridgehead atoms. The van der Waals surface area contributed by atoms with Crippen LogP contribution in [0.4, 0.5) is 0 Å². The molecule has 3 nitrogen and oxygen atoms in total. The number of nitrogens with one attached hydrogen (secondary N) is 1. The highest BCUT2D eigenvalue weighted by Crippen LogP contribution is 2.01. The summed E-state index contributed by atoms with van der Waals surface area (Å²) in [7, 11) is 0. The molecule has 1 amide bonds. The molecular formula is C18H42N2O. The van der Waals surface area contributed by atoms with Crippen LogP contribution in [0.2, 0.25) is 0 Å².